The predicted octanol–water partition coefficient (Wildman–Crippen LogP) is 3.75. The molecule has 2 aromatic heterocycles. The molecule has 1 N–H and O–H groups in total. The van der Waals surface area contributed by atoms with Gasteiger partial charge in [-0.15, -0.1) is 11.3 Å². The highest BCUT2D eigenvalue weighted by Crippen LogP contribution is 2.22. The fourth-order valence-electron chi connectivity index (χ4n) is 3.16. The van der Waals surface area contributed by atoms with Crippen molar-refractivity contribution in [2.75, 3.05) is 0 Å². The lowest BCUT2D eigenvalue weighted by molar-refractivity contribution is -0.121. The van der Waals surface area contributed by atoms with Gasteiger partial charge in [-0.1, -0.05) is 60.7 Å². The van der Waals surface area contributed by atoms with Crippen molar-refractivity contribution >= 4 is 27.5 Å². The number of benzene rings is 2. The van der Waals surface area contributed by atoms with Gasteiger partial charge in [-0.2, -0.15) is 0 Å². The minimum atomic E-state index is -0.232. The summed E-state index contributed by atoms with van der Waals surface area (Å²) in [5.74, 6) is -0.116. The molecule has 0 saturated carbocycles. The summed E-state index contributed by atoms with van der Waals surface area (Å²) in [6, 6.07) is 21.3. The number of thiophene rings is 1. The third-order valence-electron chi connectivity index (χ3n) is 4.60. The molecule has 0 aliphatic rings. The lowest BCUT2D eigenvalue weighted by Gasteiger charge is -2.20. The molecule has 0 spiro atoms. The van der Waals surface area contributed by atoms with Gasteiger partial charge in [0, 0.05) is 13.0 Å². The highest BCUT2D eigenvalue weighted by atomic mass is 32.1. The standard InChI is InChI=1S/C22H19N3O2S/c26-19(11-13-25-15-23-21-18(22(25)27)12-14-28-21)24-20(16-7-3-1-4-8-16)17-9-5-2-6-10-17/h1-10,12,14-15,20H,11,13H2,(H,24,26). The molecule has 1 amide bonds. The van der Waals surface area contributed by atoms with Crippen molar-refractivity contribution in [2.45, 2.75) is 19.0 Å². The molecule has 0 aliphatic heterocycles. The van der Waals surface area contributed by atoms with E-state index in [1.54, 1.807) is 6.07 Å². The van der Waals surface area contributed by atoms with Gasteiger partial charge in [0.15, 0.2) is 0 Å². The minimum absolute atomic E-state index is 0.110. The summed E-state index contributed by atoms with van der Waals surface area (Å²) < 4.78 is 1.49. The fraction of sp³-hybridized carbons (Fsp3) is 0.136. The molecule has 0 atom stereocenters. The van der Waals surface area contributed by atoms with Gasteiger partial charge < -0.3 is 5.32 Å². The van der Waals surface area contributed by atoms with Crippen LogP contribution in [0.5, 0.6) is 0 Å². The zero-order valence-corrected chi connectivity index (χ0v) is 15.9. The molecule has 0 bridgehead atoms. The summed E-state index contributed by atoms with van der Waals surface area (Å²) in [5.41, 5.74) is 1.92. The number of rotatable bonds is 6. The van der Waals surface area contributed by atoms with Crippen LogP contribution in [0.4, 0.5) is 0 Å². The van der Waals surface area contributed by atoms with Crippen LogP contribution in [-0.4, -0.2) is 15.5 Å². The van der Waals surface area contributed by atoms with Crippen molar-refractivity contribution in [3.8, 4) is 0 Å². The first-order valence-corrected chi connectivity index (χ1v) is 9.92. The molecular weight excluding hydrogens is 370 g/mol. The fourth-order valence-corrected chi connectivity index (χ4v) is 3.88. The summed E-state index contributed by atoms with van der Waals surface area (Å²) >= 11 is 1.43. The second kappa shape index (κ2) is 8.19. The van der Waals surface area contributed by atoms with Gasteiger partial charge in [0.25, 0.3) is 5.56 Å². The van der Waals surface area contributed by atoms with Gasteiger partial charge in [0.2, 0.25) is 5.91 Å². The average molecular weight is 389 g/mol. The number of hydrogen-bond donors (Lipinski definition) is 1. The summed E-state index contributed by atoms with van der Waals surface area (Å²) in [7, 11) is 0. The molecule has 0 radical (unpaired) electrons. The van der Waals surface area contributed by atoms with Gasteiger partial charge in [-0.05, 0) is 22.6 Å². The second-order valence-electron chi connectivity index (χ2n) is 6.45. The van der Waals surface area contributed by atoms with Crippen LogP contribution >= 0.6 is 11.3 Å². The lowest BCUT2D eigenvalue weighted by Crippen LogP contribution is -2.31. The van der Waals surface area contributed by atoms with Crippen LogP contribution in [0.15, 0.2) is 83.2 Å². The smallest absolute Gasteiger partial charge is 0.262 e. The number of nitrogens with zero attached hydrogens (tertiary/aromatic N) is 2. The van der Waals surface area contributed by atoms with Crippen molar-refractivity contribution < 1.29 is 4.79 Å². The van der Waals surface area contributed by atoms with Gasteiger partial charge in [0.1, 0.15) is 4.83 Å². The number of hydrogen-bond acceptors (Lipinski definition) is 4. The first kappa shape index (κ1) is 18.1. The van der Waals surface area contributed by atoms with Gasteiger partial charge in [-0.25, -0.2) is 4.98 Å². The molecule has 140 valence electrons. The van der Waals surface area contributed by atoms with E-state index in [9.17, 15) is 9.59 Å². The highest BCUT2D eigenvalue weighted by molar-refractivity contribution is 7.16. The summed E-state index contributed by atoms with van der Waals surface area (Å²) in [5, 5.41) is 5.54. The van der Waals surface area contributed by atoms with E-state index in [1.807, 2.05) is 66.0 Å². The Bertz CT molecular complexity index is 1100. The number of fused-ring (bicyclic) bond motifs is 1. The summed E-state index contributed by atoms with van der Waals surface area (Å²) in [4.78, 5) is 30.1. The molecule has 0 unspecified atom stereocenters. The molecule has 4 aromatic rings. The number of carbonyl (C=O) groups excluding carboxylic acids is 1. The number of aryl methyl sites for hydroxylation is 1. The summed E-state index contributed by atoms with van der Waals surface area (Å²) in [6.45, 7) is 0.291. The quantitative estimate of drug-likeness (QED) is 0.546. The number of carbonyl (C=O) groups is 1. The van der Waals surface area contributed by atoms with Crippen LogP contribution < -0.4 is 10.9 Å². The maximum atomic E-state index is 12.7. The molecule has 0 aliphatic carbocycles. The van der Waals surface area contributed by atoms with Crippen LogP contribution in [0.1, 0.15) is 23.6 Å². The molecule has 2 aromatic carbocycles. The van der Waals surface area contributed by atoms with E-state index >= 15 is 0 Å². The number of aromatic nitrogens is 2. The van der Waals surface area contributed by atoms with Gasteiger partial charge >= 0.3 is 0 Å². The first-order chi connectivity index (χ1) is 13.7. The number of nitrogens with one attached hydrogen (secondary N) is 1. The van der Waals surface area contributed by atoms with Crippen LogP contribution in [0, 0.1) is 0 Å². The maximum Gasteiger partial charge on any atom is 0.262 e. The van der Waals surface area contributed by atoms with Crippen LogP contribution in [0.2, 0.25) is 0 Å². The van der Waals surface area contributed by atoms with E-state index in [0.717, 1.165) is 16.0 Å². The monoisotopic (exact) mass is 389 g/mol. The van der Waals surface area contributed by atoms with E-state index in [4.69, 9.17) is 0 Å². The van der Waals surface area contributed by atoms with Crippen LogP contribution in [0.25, 0.3) is 10.2 Å². The molecule has 0 fully saturated rings. The van der Waals surface area contributed by atoms with E-state index in [-0.39, 0.29) is 23.9 Å². The Morgan fingerprint density at radius 3 is 2.29 bits per heavy atom. The van der Waals surface area contributed by atoms with Crippen LogP contribution in [-0.2, 0) is 11.3 Å². The summed E-state index contributed by atoms with van der Waals surface area (Å²) in [6.07, 6.45) is 1.72. The molecule has 4 rings (SSSR count). The Morgan fingerprint density at radius 2 is 1.64 bits per heavy atom. The van der Waals surface area contributed by atoms with Crippen molar-refractivity contribution in [3.63, 3.8) is 0 Å². The normalized spacial score (nSPS) is 11.0. The SMILES string of the molecule is O=C(CCn1cnc2sccc2c1=O)NC(c1ccccc1)c1ccccc1. The largest absolute Gasteiger partial charge is 0.345 e. The molecule has 0 saturated heterocycles. The van der Waals surface area contributed by atoms with Gasteiger partial charge in [-0.3, -0.25) is 14.2 Å². The zero-order valence-electron chi connectivity index (χ0n) is 15.1. The number of amides is 1. The van der Waals surface area contributed by atoms with Crippen molar-refractivity contribution in [1.82, 2.24) is 14.9 Å². The first-order valence-electron chi connectivity index (χ1n) is 9.04. The van der Waals surface area contributed by atoms with E-state index < -0.39 is 0 Å². The van der Waals surface area contributed by atoms with Gasteiger partial charge in [0.05, 0.1) is 17.8 Å². The van der Waals surface area contributed by atoms with Crippen molar-refractivity contribution in [1.29, 1.82) is 0 Å². The third-order valence-corrected chi connectivity index (χ3v) is 5.42. The Kier molecular flexibility index (Phi) is 5.30. The van der Waals surface area contributed by atoms with Crippen molar-refractivity contribution in [3.05, 3.63) is 99.9 Å². The average Bonchev–Trinajstić information content (AvgIpc) is 3.22. The maximum absolute atomic E-state index is 12.7. The highest BCUT2D eigenvalue weighted by Gasteiger charge is 2.16. The Labute approximate surface area is 166 Å². The zero-order chi connectivity index (χ0) is 19.3. The Balaban J connectivity index is 1.50. The lowest BCUT2D eigenvalue weighted by atomic mass is 9.98. The topological polar surface area (TPSA) is 64.0 Å². The van der Waals surface area contributed by atoms with Crippen molar-refractivity contribution in [2.24, 2.45) is 0 Å². The van der Waals surface area contributed by atoms with E-state index in [2.05, 4.69) is 10.3 Å². The molecule has 28 heavy (non-hydrogen) atoms. The van der Waals surface area contributed by atoms with Crippen LogP contribution in [0.3, 0.4) is 0 Å². The molecular formula is C22H19N3O2S. The predicted molar refractivity (Wildman–Crippen MR) is 111 cm³/mol. The Morgan fingerprint density at radius 1 is 1.00 bits per heavy atom. The molecule has 6 heteroatoms. The minimum Gasteiger partial charge on any atom is -0.345 e. The molecule has 5 nitrogen and oxygen atoms in total. The third kappa shape index (κ3) is 3.87. The molecule has 2 heterocycles. The van der Waals surface area contributed by atoms with E-state index in [0.29, 0.717) is 11.9 Å². The van der Waals surface area contributed by atoms with E-state index in [1.165, 1.54) is 22.2 Å². The Hall–Kier alpha value is -3.25. The second-order valence-corrected chi connectivity index (χ2v) is 7.35.